The smallest absolute Gasteiger partial charge is 0.244 e. The molecule has 0 bridgehead atoms. The first-order valence-corrected chi connectivity index (χ1v) is 8.21. The molecule has 0 radical (unpaired) electrons. The van der Waals surface area contributed by atoms with Gasteiger partial charge in [-0.15, -0.1) is 11.6 Å². The van der Waals surface area contributed by atoms with E-state index in [0.717, 1.165) is 21.0 Å². The number of rotatable bonds is 3. The molecule has 0 aromatic heterocycles. The molecule has 19 heavy (non-hydrogen) atoms. The number of thioether (sulfide) groups is 1. The second-order valence-electron chi connectivity index (χ2n) is 4.25. The number of carbonyl (C=O) groups excluding carboxylic acids is 1. The number of aliphatic imine (C=N–C) groups is 1. The third-order valence-corrected chi connectivity index (χ3v) is 5.09. The summed E-state index contributed by atoms with van der Waals surface area (Å²) >= 11 is 11.1. The molecular formula is C13H14BrClN2OS. The summed E-state index contributed by atoms with van der Waals surface area (Å²) in [5, 5.41) is 0.772. The molecule has 102 valence electrons. The van der Waals surface area contributed by atoms with Crippen molar-refractivity contribution in [1.82, 2.24) is 4.90 Å². The summed E-state index contributed by atoms with van der Waals surface area (Å²) in [6.07, 6.45) is 0. The average Bonchev–Trinajstić information content (AvgIpc) is 2.74. The molecular weight excluding hydrogens is 348 g/mol. The largest absolute Gasteiger partial charge is 0.342 e. The van der Waals surface area contributed by atoms with E-state index in [9.17, 15) is 4.79 Å². The zero-order chi connectivity index (χ0) is 13.8. The lowest BCUT2D eigenvalue weighted by molar-refractivity contribution is -0.115. The van der Waals surface area contributed by atoms with Gasteiger partial charge in [-0.3, -0.25) is 4.79 Å². The van der Waals surface area contributed by atoms with Crippen molar-refractivity contribution in [1.29, 1.82) is 0 Å². The van der Waals surface area contributed by atoms with Crippen LogP contribution in [-0.4, -0.2) is 33.6 Å². The standard InChI is InChI=1S/C13H14BrClN2OS/c1-9(18)16-13-17(11(6-15)8-19-13)7-10-4-2-3-5-12(10)14/h2-5,11H,6-8H2,1H3. The quantitative estimate of drug-likeness (QED) is 0.772. The van der Waals surface area contributed by atoms with Crippen LogP contribution in [-0.2, 0) is 11.3 Å². The van der Waals surface area contributed by atoms with Gasteiger partial charge in [0.05, 0.1) is 6.04 Å². The molecule has 6 heteroatoms. The molecule has 1 unspecified atom stereocenters. The van der Waals surface area contributed by atoms with Gasteiger partial charge in [-0.2, -0.15) is 4.99 Å². The van der Waals surface area contributed by atoms with E-state index in [0.29, 0.717) is 12.4 Å². The van der Waals surface area contributed by atoms with Crippen molar-refractivity contribution in [3.8, 4) is 0 Å². The van der Waals surface area contributed by atoms with E-state index in [4.69, 9.17) is 11.6 Å². The lowest BCUT2D eigenvalue weighted by Gasteiger charge is -2.24. The summed E-state index contributed by atoms with van der Waals surface area (Å²) in [6.45, 7) is 2.18. The highest BCUT2D eigenvalue weighted by Crippen LogP contribution is 2.29. The molecule has 1 fully saturated rings. The number of hydrogen-bond acceptors (Lipinski definition) is 2. The fourth-order valence-electron chi connectivity index (χ4n) is 1.87. The number of alkyl halides is 1. The summed E-state index contributed by atoms with van der Waals surface area (Å²) < 4.78 is 1.06. The molecule has 0 saturated carbocycles. The molecule has 1 aromatic rings. The molecule has 2 rings (SSSR count). The van der Waals surface area contributed by atoms with Crippen LogP contribution in [0.1, 0.15) is 12.5 Å². The zero-order valence-electron chi connectivity index (χ0n) is 10.5. The minimum atomic E-state index is -0.171. The van der Waals surface area contributed by atoms with E-state index in [1.54, 1.807) is 11.8 Å². The van der Waals surface area contributed by atoms with Gasteiger partial charge in [-0.1, -0.05) is 45.9 Å². The third kappa shape index (κ3) is 3.74. The Hall–Kier alpha value is -0.520. The van der Waals surface area contributed by atoms with Crippen LogP contribution in [0.15, 0.2) is 33.7 Å². The number of hydrogen-bond donors (Lipinski definition) is 0. The van der Waals surface area contributed by atoms with Gasteiger partial charge in [0.15, 0.2) is 5.17 Å². The van der Waals surface area contributed by atoms with Gasteiger partial charge >= 0.3 is 0 Å². The molecule has 1 amide bonds. The average molecular weight is 362 g/mol. The molecule has 3 nitrogen and oxygen atoms in total. The number of amidine groups is 1. The second kappa shape index (κ2) is 6.77. The SMILES string of the molecule is CC(=O)N=C1SCC(CCl)N1Cc1ccccc1Br. The molecule has 0 aliphatic carbocycles. The van der Waals surface area contributed by atoms with Crippen LogP contribution in [0.5, 0.6) is 0 Å². The van der Waals surface area contributed by atoms with Crippen LogP contribution in [0.25, 0.3) is 0 Å². The van der Waals surface area contributed by atoms with Crippen molar-refractivity contribution in [2.75, 3.05) is 11.6 Å². The molecule has 1 saturated heterocycles. The molecule has 1 atom stereocenters. The van der Waals surface area contributed by atoms with Crippen molar-refractivity contribution >= 4 is 50.4 Å². The molecule has 0 spiro atoms. The van der Waals surface area contributed by atoms with Crippen molar-refractivity contribution in [3.63, 3.8) is 0 Å². The molecule has 1 heterocycles. The fraction of sp³-hybridized carbons (Fsp3) is 0.385. The van der Waals surface area contributed by atoms with Crippen molar-refractivity contribution in [2.24, 2.45) is 4.99 Å². The lowest BCUT2D eigenvalue weighted by Crippen LogP contribution is -2.35. The highest BCUT2D eigenvalue weighted by molar-refractivity contribution is 9.10. The number of amides is 1. The molecule has 1 aliphatic heterocycles. The summed E-state index contributed by atoms with van der Waals surface area (Å²) in [5.74, 6) is 1.24. The predicted molar refractivity (Wildman–Crippen MR) is 84.8 cm³/mol. The summed E-state index contributed by atoms with van der Waals surface area (Å²) in [4.78, 5) is 17.4. The second-order valence-corrected chi connectivity index (χ2v) is 6.40. The first-order valence-electron chi connectivity index (χ1n) is 5.90. The maximum absolute atomic E-state index is 11.2. The van der Waals surface area contributed by atoms with E-state index >= 15 is 0 Å². The normalized spacial score (nSPS) is 21.1. The van der Waals surface area contributed by atoms with Gasteiger partial charge in [-0.25, -0.2) is 0 Å². The maximum Gasteiger partial charge on any atom is 0.244 e. The van der Waals surface area contributed by atoms with Crippen LogP contribution in [0.3, 0.4) is 0 Å². The molecule has 1 aromatic carbocycles. The van der Waals surface area contributed by atoms with E-state index < -0.39 is 0 Å². The number of nitrogens with zero attached hydrogens (tertiary/aromatic N) is 2. The van der Waals surface area contributed by atoms with Crippen LogP contribution in [0, 0.1) is 0 Å². The van der Waals surface area contributed by atoms with Gasteiger partial charge in [0.1, 0.15) is 0 Å². The van der Waals surface area contributed by atoms with Gasteiger partial charge in [0.25, 0.3) is 0 Å². The number of benzene rings is 1. The third-order valence-electron chi connectivity index (χ3n) is 2.82. The van der Waals surface area contributed by atoms with Crippen LogP contribution >= 0.6 is 39.3 Å². The summed E-state index contributed by atoms with van der Waals surface area (Å²) in [6, 6.07) is 8.27. The maximum atomic E-state index is 11.2. The number of carbonyl (C=O) groups is 1. The molecule has 1 aliphatic rings. The summed E-state index contributed by atoms with van der Waals surface area (Å²) in [5.41, 5.74) is 1.16. The van der Waals surface area contributed by atoms with E-state index in [1.165, 1.54) is 6.92 Å². The Labute approximate surface area is 130 Å². The van der Waals surface area contributed by atoms with Crippen LogP contribution in [0.4, 0.5) is 0 Å². The fourth-order valence-corrected chi connectivity index (χ4v) is 3.89. The van der Waals surface area contributed by atoms with Gasteiger partial charge in [-0.05, 0) is 11.6 Å². The Kier molecular flexibility index (Phi) is 5.30. The number of halogens is 2. The van der Waals surface area contributed by atoms with Gasteiger partial charge in [0, 0.05) is 29.6 Å². The van der Waals surface area contributed by atoms with Gasteiger partial charge in [0.2, 0.25) is 5.91 Å². The van der Waals surface area contributed by atoms with Gasteiger partial charge < -0.3 is 4.90 Å². The highest BCUT2D eigenvalue weighted by Gasteiger charge is 2.30. The van der Waals surface area contributed by atoms with Crippen molar-refractivity contribution < 1.29 is 4.79 Å². The zero-order valence-corrected chi connectivity index (χ0v) is 13.6. The summed E-state index contributed by atoms with van der Waals surface area (Å²) in [7, 11) is 0. The Morgan fingerprint density at radius 2 is 2.32 bits per heavy atom. The topological polar surface area (TPSA) is 32.7 Å². The Morgan fingerprint density at radius 3 is 2.95 bits per heavy atom. The van der Waals surface area contributed by atoms with E-state index in [2.05, 4.69) is 31.9 Å². The van der Waals surface area contributed by atoms with E-state index in [1.807, 2.05) is 18.2 Å². The minimum Gasteiger partial charge on any atom is -0.342 e. The van der Waals surface area contributed by atoms with Crippen LogP contribution < -0.4 is 0 Å². The van der Waals surface area contributed by atoms with Crippen LogP contribution in [0.2, 0.25) is 0 Å². The minimum absolute atomic E-state index is 0.171. The highest BCUT2D eigenvalue weighted by atomic mass is 79.9. The van der Waals surface area contributed by atoms with E-state index in [-0.39, 0.29) is 11.9 Å². The van der Waals surface area contributed by atoms with Crippen molar-refractivity contribution in [3.05, 3.63) is 34.3 Å². The Balaban J connectivity index is 2.23. The Bertz CT molecular complexity index is 509. The lowest BCUT2D eigenvalue weighted by atomic mass is 10.2. The first-order chi connectivity index (χ1) is 9.11. The monoisotopic (exact) mass is 360 g/mol. The van der Waals surface area contributed by atoms with Crippen molar-refractivity contribution in [2.45, 2.75) is 19.5 Å². The molecule has 0 N–H and O–H groups in total. The first kappa shape index (κ1) is 14.9. The Morgan fingerprint density at radius 1 is 1.58 bits per heavy atom. The predicted octanol–water partition coefficient (Wildman–Crippen LogP) is 3.51.